The highest BCUT2D eigenvalue weighted by atomic mass is 16.1. The third-order valence-electron chi connectivity index (χ3n) is 3.33. The first-order valence-corrected chi connectivity index (χ1v) is 5.12. The molecule has 1 nitrogen and oxygen atoms in total. The first-order chi connectivity index (χ1) is 6.21. The summed E-state index contributed by atoms with van der Waals surface area (Å²) in [6.45, 7) is 2.29. The minimum atomic E-state index is 0.293. The van der Waals surface area contributed by atoms with E-state index in [1.54, 1.807) is 0 Å². The van der Waals surface area contributed by atoms with E-state index in [0.29, 0.717) is 11.2 Å². The fraction of sp³-hybridized carbons (Fsp3) is 0.583. The molecule has 0 aromatic rings. The molecule has 0 amide bonds. The quantitative estimate of drug-likeness (QED) is 0.554. The fourth-order valence-electron chi connectivity index (χ4n) is 2.30. The number of ketones is 1. The van der Waals surface area contributed by atoms with Gasteiger partial charge in [0.15, 0.2) is 5.78 Å². The van der Waals surface area contributed by atoms with Crippen LogP contribution in [0.25, 0.3) is 0 Å². The fourth-order valence-corrected chi connectivity index (χ4v) is 2.30. The molecule has 2 aliphatic carbocycles. The van der Waals surface area contributed by atoms with Crippen molar-refractivity contribution in [3.05, 3.63) is 23.8 Å². The maximum Gasteiger partial charge on any atom is 0.156 e. The monoisotopic (exact) mass is 176 g/mol. The molecule has 70 valence electrons. The zero-order valence-corrected chi connectivity index (χ0v) is 8.18. The van der Waals surface area contributed by atoms with E-state index in [4.69, 9.17) is 0 Å². The zero-order valence-electron chi connectivity index (χ0n) is 8.18. The molecule has 2 rings (SSSR count). The van der Waals surface area contributed by atoms with Crippen LogP contribution in [0.3, 0.4) is 0 Å². The molecule has 0 saturated heterocycles. The highest BCUT2D eigenvalue weighted by Gasteiger charge is 2.32. The minimum Gasteiger partial charge on any atom is -0.295 e. The second kappa shape index (κ2) is 3.13. The van der Waals surface area contributed by atoms with Crippen molar-refractivity contribution in [2.45, 2.75) is 39.0 Å². The van der Waals surface area contributed by atoms with Crippen LogP contribution in [0, 0.1) is 5.41 Å². The number of hydrogen-bond acceptors (Lipinski definition) is 1. The van der Waals surface area contributed by atoms with Crippen LogP contribution in [0.5, 0.6) is 0 Å². The van der Waals surface area contributed by atoms with Crippen molar-refractivity contribution >= 4 is 5.78 Å². The van der Waals surface area contributed by atoms with Gasteiger partial charge in [0.1, 0.15) is 0 Å². The Morgan fingerprint density at radius 1 is 1.38 bits per heavy atom. The average molecular weight is 176 g/mol. The van der Waals surface area contributed by atoms with E-state index in [9.17, 15) is 4.79 Å². The molecule has 0 spiro atoms. The van der Waals surface area contributed by atoms with Gasteiger partial charge in [-0.05, 0) is 42.7 Å². The van der Waals surface area contributed by atoms with Gasteiger partial charge in [0.2, 0.25) is 0 Å². The van der Waals surface area contributed by atoms with Crippen molar-refractivity contribution in [1.82, 2.24) is 0 Å². The smallest absolute Gasteiger partial charge is 0.156 e. The molecule has 0 N–H and O–H groups in total. The van der Waals surface area contributed by atoms with Crippen LogP contribution in [0.4, 0.5) is 0 Å². The van der Waals surface area contributed by atoms with Gasteiger partial charge >= 0.3 is 0 Å². The van der Waals surface area contributed by atoms with Gasteiger partial charge in [-0.25, -0.2) is 0 Å². The molecule has 1 atom stereocenters. The summed E-state index contributed by atoms with van der Waals surface area (Å²) in [5.74, 6) is 0.305. The van der Waals surface area contributed by atoms with Crippen LogP contribution in [-0.2, 0) is 4.79 Å². The highest BCUT2D eigenvalue weighted by Crippen LogP contribution is 2.42. The van der Waals surface area contributed by atoms with Gasteiger partial charge in [-0.3, -0.25) is 4.79 Å². The van der Waals surface area contributed by atoms with E-state index in [1.807, 2.05) is 6.08 Å². The Morgan fingerprint density at radius 2 is 2.23 bits per heavy atom. The number of rotatable bonds is 0. The van der Waals surface area contributed by atoms with Gasteiger partial charge in [0, 0.05) is 6.42 Å². The first kappa shape index (κ1) is 8.74. The minimum absolute atomic E-state index is 0.293. The third kappa shape index (κ3) is 1.60. The summed E-state index contributed by atoms with van der Waals surface area (Å²) in [6.07, 6.45) is 11.7. The lowest BCUT2D eigenvalue weighted by atomic mass is 9.71. The maximum absolute atomic E-state index is 11.3. The third-order valence-corrected chi connectivity index (χ3v) is 3.33. The molecule has 0 saturated carbocycles. The molecule has 2 aliphatic rings. The number of hydrogen-bond donors (Lipinski definition) is 0. The Kier molecular flexibility index (Phi) is 2.10. The van der Waals surface area contributed by atoms with Gasteiger partial charge in [-0.2, -0.15) is 0 Å². The van der Waals surface area contributed by atoms with Gasteiger partial charge in [0.25, 0.3) is 0 Å². The molecule has 13 heavy (non-hydrogen) atoms. The van der Waals surface area contributed by atoms with Gasteiger partial charge in [-0.1, -0.05) is 19.1 Å². The Balaban J connectivity index is 2.36. The van der Waals surface area contributed by atoms with Crippen LogP contribution in [0.15, 0.2) is 23.8 Å². The molecule has 0 fully saturated rings. The Morgan fingerprint density at radius 3 is 3.08 bits per heavy atom. The van der Waals surface area contributed by atoms with Crippen molar-refractivity contribution in [3.63, 3.8) is 0 Å². The summed E-state index contributed by atoms with van der Waals surface area (Å²) in [5.41, 5.74) is 1.56. The molecule has 0 radical (unpaired) electrons. The van der Waals surface area contributed by atoms with Gasteiger partial charge in [0.05, 0.1) is 0 Å². The lowest BCUT2D eigenvalue weighted by Gasteiger charge is -2.32. The second-order valence-corrected chi connectivity index (χ2v) is 4.42. The summed E-state index contributed by atoms with van der Waals surface area (Å²) in [5, 5.41) is 0. The predicted molar refractivity (Wildman–Crippen MR) is 53.4 cm³/mol. The topological polar surface area (TPSA) is 17.1 Å². The van der Waals surface area contributed by atoms with Crippen molar-refractivity contribution in [2.75, 3.05) is 0 Å². The number of carbonyl (C=O) groups is 1. The Hall–Kier alpha value is -0.850. The molecular formula is C12H16O. The van der Waals surface area contributed by atoms with Crippen LogP contribution >= 0.6 is 0 Å². The molecule has 0 heterocycles. The van der Waals surface area contributed by atoms with Crippen molar-refractivity contribution in [3.8, 4) is 0 Å². The van der Waals surface area contributed by atoms with Crippen LogP contribution in [0.2, 0.25) is 0 Å². The predicted octanol–water partition coefficient (Wildman–Crippen LogP) is 3.02. The molecule has 0 unspecified atom stereocenters. The largest absolute Gasteiger partial charge is 0.295 e. The zero-order chi connectivity index (χ0) is 9.31. The van der Waals surface area contributed by atoms with Gasteiger partial charge in [-0.15, -0.1) is 0 Å². The lowest BCUT2D eigenvalue weighted by molar-refractivity contribution is -0.115. The normalized spacial score (nSPS) is 33.6. The molecule has 0 bridgehead atoms. The molecule has 1 heteroatoms. The Labute approximate surface area is 79.5 Å². The van der Waals surface area contributed by atoms with Crippen molar-refractivity contribution < 1.29 is 4.79 Å². The molecule has 0 aliphatic heterocycles. The average Bonchev–Trinajstić information content (AvgIpc) is 2.28. The van der Waals surface area contributed by atoms with E-state index >= 15 is 0 Å². The van der Waals surface area contributed by atoms with Crippen LogP contribution < -0.4 is 0 Å². The van der Waals surface area contributed by atoms with E-state index in [1.165, 1.54) is 24.8 Å². The summed E-state index contributed by atoms with van der Waals surface area (Å²) >= 11 is 0. The van der Waals surface area contributed by atoms with Gasteiger partial charge < -0.3 is 0 Å². The summed E-state index contributed by atoms with van der Waals surface area (Å²) < 4.78 is 0. The standard InChI is InChI=1S/C12H16O/c1-12-7-4-2-3-5-10(12)9-11(13)6-8-12/h3,5,9H,2,4,6-8H2,1H3/t12-/m1/s1. The van der Waals surface area contributed by atoms with E-state index in [2.05, 4.69) is 19.1 Å². The molecular weight excluding hydrogens is 160 g/mol. The van der Waals surface area contributed by atoms with E-state index < -0.39 is 0 Å². The van der Waals surface area contributed by atoms with Crippen molar-refractivity contribution in [1.29, 1.82) is 0 Å². The Bertz CT molecular complexity index is 285. The second-order valence-electron chi connectivity index (χ2n) is 4.42. The number of carbonyl (C=O) groups excluding carboxylic acids is 1. The summed E-state index contributed by atoms with van der Waals surface area (Å²) in [6, 6.07) is 0. The first-order valence-electron chi connectivity index (χ1n) is 5.12. The van der Waals surface area contributed by atoms with Crippen LogP contribution in [0.1, 0.15) is 39.0 Å². The maximum atomic E-state index is 11.3. The molecule has 0 aromatic heterocycles. The van der Waals surface area contributed by atoms with E-state index in [0.717, 1.165) is 12.8 Å². The van der Waals surface area contributed by atoms with Crippen molar-refractivity contribution in [2.24, 2.45) is 5.41 Å². The number of allylic oxidation sites excluding steroid dienone is 4. The molecule has 0 aromatic carbocycles. The summed E-state index contributed by atoms with van der Waals surface area (Å²) in [4.78, 5) is 11.3. The lowest BCUT2D eigenvalue weighted by Crippen LogP contribution is -2.23. The summed E-state index contributed by atoms with van der Waals surface area (Å²) in [7, 11) is 0. The number of fused-ring (bicyclic) bond motifs is 1. The van der Waals surface area contributed by atoms with E-state index in [-0.39, 0.29) is 0 Å². The SMILES string of the molecule is C[C@]12CCCC=CC1=CC(=O)CC2. The van der Waals surface area contributed by atoms with Crippen LogP contribution in [-0.4, -0.2) is 5.78 Å². The highest BCUT2D eigenvalue weighted by molar-refractivity contribution is 5.92.